The number of benzene rings is 1. The van der Waals surface area contributed by atoms with Crippen LogP contribution in [0, 0.1) is 15.9 Å². The lowest BCUT2D eigenvalue weighted by Crippen LogP contribution is -1.87. The van der Waals surface area contributed by atoms with Crippen LogP contribution in [0.3, 0.4) is 0 Å². The molecule has 0 bridgehead atoms. The van der Waals surface area contributed by atoms with Gasteiger partial charge in [-0.15, -0.1) is 0 Å². The Kier molecular flexibility index (Phi) is 3.15. The summed E-state index contributed by atoms with van der Waals surface area (Å²) in [7, 11) is 0. The third-order valence-corrected chi connectivity index (χ3v) is 3.90. The summed E-state index contributed by atoms with van der Waals surface area (Å²) in [6, 6.07) is 8.64. The van der Waals surface area contributed by atoms with Crippen molar-refractivity contribution in [3.8, 4) is 21.7 Å². The van der Waals surface area contributed by atoms with Gasteiger partial charge in [-0.2, -0.15) is 0 Å². The smallest absolute Gasteiger partial charge is 0.324 e. The van der Waals surface area contributed by atoms with Gasteiger partial charge in [-0.05, 0) is 23.8 Å². The van der Waals surface area contributed by atoms with Crippen LogP contribution in [0.2, 0.25) is 0 Å². The minimum Gasteiger partial charge on any atom is -0.367 e. The fourth-order valence-corrected chi connectivity index (χ4v) is 2.73. The first-order valence-corrected chi connectivity index (χ1v) is 6.63. The van der Waals surface area contributed by atoms with Crippen molar-refractivity contribution in [2.45, 2.75) is 0 Å². The summed E-state index contributed by atoms with van der Waals surface area (Å²) in [5, 5.41) is 14.6. The molecule has 0 atom stereocenters. The molecule has 106 valence electrons. The van der Waals surface area contributed by atoms with Gasteiger partial charge in [0.1, 0.15) is 11.5 Å². The largest absolute Gasteiger partial charge is 0.367 e. The van der Waals surface area contributed by atoms with E-state index < -0.39 is 4.92 Å². The second-order valence-electron chi connectivity index (χ2n) is 4.17. The van der Waals surface area contributed by atoms with Gasteiger partial charge in [-0.3, -0.25) is 10.1 Å². The van der Waals surface area contributed by atoms with Gasteiger partial charge < -0.3 is 10.3 Å². The molecular formula is C13H8FN3O3S. The van der Waals surface area contributed by atoms with E-state index in [4.69, 9.17) is 10.3 Å². The first kappa shape index (κ1) is 13.3. The van der Waals surface area contributed by atoms with E-state index in [9.17, 15) is 14.5 Å². The van der Waals surface area contributed by atoms with Crippen LogP contribution in [-0.4, -0.2) is 10.1 Å². The fourth-order valence-electron chi connectivity index (χ4n) is 1.92. The highest BCUT2D eigenvalue weighted by Crippen LogP contribution is 2.40. The monoisotopic (exact) mass is 305 g/mol. The van der Waals surface area contributed by atoms with Crippen LogP contribution < -0.4 is 5.73 Å². The van der Waals surface area contributed by atoms with E-state index in [1.165, 1.54) is 18.2 Å². The molecule has 0 spiro atoms. The van der Waals surface area contributed by atoms with Gasteiger partial charge in [0.15, 0.2) is 0 Å². The van der Waals surface area contributed by atoms with E-state index in [0.29, 0.717) is 21.7 Å². The number of hydrogen-bond donors (Lipinski definition) is 1. The van der Waals surface area contributed by atoms with Gasteiger partial charge in [-0.25, -0.2) is 4.39 Å². The van der Waals surface area contributed by atoms with Gasteiger partial charge in [0.2, 0.25) is 5.88 Å². The number of anilines is 1. The number of rotatable bonds is 3. The number of thiophene rings is 1. The standard InChI is InChI=1S/C13H8FN3O3S/c14-8-3-1-7(2-4-8)11-12(16-20-13(11)15)9-5-6-10(21-9)17(18)19/h1-6H,15H2. The molecule has 0 aliphatic heterocycles. The van der Waals surface area contributed by atoms with Crippen LogP contribution in [-0.2, 0) is 0 Å². The topological polar surface area (TPSA) is 95.2 Å². The molecule has 0 aliphatic carbocycles. The molecule has 0 saturated heterocycles. The molecule has 3 rings (SSSR count). The van der Waals surface area contributed by atoms with Crippen molar-refractivity contribution in [3.05, 3.63) is 52.3 Å². The number of nitrogen functional groups attached to an aromatic ring is 1. The molecule has 0 amide bonds. The maximum Gasteiger partial charge on any atom is 0.324 e. The molecule has 2 heterocycles. The maximum atomic E-state index is 13.0. The molecule has 2 aromatic heterocycles. The third-order valence-electron chi connectivity index (χ3n) is 2.86. The van der Waals surface area contributed by atoms with Gasteiger partial charge >= 0.3 is 5.00 Å². The highest BCUT2D eigenvalue weighted by molar-refractivity contribution is 7.18. The van der Waals surface area contributed by atoms with Gasteiger partial charge in [0.05, 0.1) is 15.4 Å². The number of nitrogens with zero attached hydrogens (tertiary/aromatic N) is 2. The summed E-state index contributed by atoms with van der Waals surface area (Å²) < 4.78 is 18.0. The van der Waals surface area contributed by atoms with E-state index >= 15 is 0 Å². The van der Waals surface area contributed by atoms with E-state index in [1.54, 1.807) is 18.2 Å². The molecular weight excluding hydrogens is 297 g/mol. The second kappa shape index (κ2) is 4.98. The summed E-state index contributed by atoms with van der Waals surface area (Å²) in [6.07, 6.45) is 0. The van der Waals surface area contributed by atoms with Gasteiger partial charge in [-0.1, -0.05) is 28.6 Å². The molecule has 6 nitrogen and oxygen atoms in total. The van der Waals surface area contributed by atoms with E-state index in [0.717, 1.165) is 11.3 Å². The fraction of sp³-hybridized carbons (Fsp3) is 0. The summed E-state index contributed by atoms with van der Waals surface area (Å²) in [4.78, 5) is 10.8. The average Bonchev–Trinajstić information content (AvgIpc) is 3.06. The van der Waals surface area contributed by atoms with Crippen molar-refractivity contribution in [1.82, 2.24) is 5.16 Å². The molecule has 0 unspecified atom stereocenters. The summed E-state index contributed by atoms with van der Waals surface area (Å²) in [6.45, 7) is 0. The van der Waals surface area contributed by atoms with Crippen LogP contribution >= 0.6 is 11.3 Å². The number of nitrogens with two attached hydrogens (primary N) is 1. The Morgan fingerprint density at radius 2 is 1.95 bits per heavy atom. The van der Waals surface area contributed by atoms with E-state index in [1.807, 2.05) is 0 Å². The highest BCUT2D eigenvalue weighted by atomic mass is 32.1. The molecule has 21 heavy (non-hydrogen) atoms. The Balaban J connectivity index is 2.11. The minimum absolute atomic E-state index is 0.00312. The van der Waals surface area contributed by atoms with E-state index in [2.05, 4.69) is 5.16 Å². The minimum atomic E-state index is -0.477. The summed E-state index contributed by atoms with van der Waals surface area (Å²) in [5.74, 6) is -0.297. The average molecular weight is 305 g/mol. The van der Waals surface area contributed by atoms with Crippen LogP contribution in [0.25, 0.3) is 21.7 Å². The Labute approximate surface area is 121 Å². The van der Waals surface area contributed by atoms with Crippen molar-refractivity contribution in [1.29, 1.82) is 0 Å². The maximum absolute atomic E-state index is 13.0. The first-order valence-electron chi connectivity index (χ1n) is 5.82. The number of hydrogen-bond acceptors (Lipinski definition) is 6. The van der Waals surface area contributed by atoms with Gasteiger partial charge in [0.25, 0.3) is 0 Å². The molecule has 0 fully saturated rings. The molecule has 8 heteroatoms. The molecule has 2 N–H and O–H groups in total. The molecule has 0 saturated carbocycles. The van der Waals surface area contributed by atoms with E-state index in [-0.39, 0.29) is 16.7 Å². The van der Waals surface area contributed by atoms with Gasteiger partial charge in [0, 0.05) is 6.07 Å². The van der Waals surface area contributed by atoms with Crippen LogP contribution in [0.5, 0.6) is 0 Å². The molecule has 3 aromatic rings. The number of aromatic nitrogens is 1. The SMILES string of the molecule is Nc1onc(-c2ccc([N+](=O)[O-])s2)c1-c1ccc(F)cc1. The number of halogens is 1. The van der Waals surface area contributed by atoms with Crippen molar-refractivity contribution in [3.63, 3.8) is 0 Å². The Hall–Kier alpha value is -2.74. The van der Waals surface area contributed by atoms with Crippen molar-refractivity contribution in [2.75, 3.05) is 5.73 Å². The third kappa shape index (κ3) is 2.36. The van der Waals surface area contributed by atoms with Crippen molar-refractivity contribution < 1.29 is 13.8 Å². The predicted octanol–water partition coefficient (Wildman–Crippen LogP) is 3.70. The predicted molar refractivity (Wildman–Crippen MR) is 76.3 cm³/mol. The number of nitro groups is 1. The quantitative estimate of drug-likeness (QED) is 0.588. The lowest BCUT2D eigenvalue weighted by atomic mass is 10.0. The van der Waals surface area contributed by atoms with Crippen LogP contribution in [0.15, 0.2) is 40.9 Å². The second-order valence-corrected chi connectivity index (χ2v) is 5.23. The molecule has 0 aliphatic rings. The Morgan fingerprint density at radius 3 is 2.57 bits per heavy atom. The lowest BCUT2D eigenvalue weighted by molar-refractivity contribution is -0.380. The highest BCUT2D eigenvalue weighted by Gasteiger charge is 2.21. The summed E-state index contributed by atoms with van der Waals surface area (Å²) >= 11 is 0.968. The zero-order chi connectivity index (χ0) is 15.0. The molecule has 1 aromatic carbocycles. The normalized spacial score (nSPS) is 10.7. The Morgan fingerprint density at radius 1 is 1.24 bits per heavy atom. The molecule has 0 radical (unpaired) electrons. The zero-order valence-corrected chi connectivity index (χ0v) is 11.3. The lowest BCUT2D eigenvalue weighted by Gasteiger charge is -2.00. The first-order chi connectivity index (χ1) is 10.1. The Bertz CT molecular complexity index is 810. The zero-order valence-electron chi connectivity index (χ0n) is 10.4. The van der Waals surface area contributed by atoms with Crippen LogP contribution in [0.1, 0.15) is 0 Å². The van der Waals surface area contributed by atoms with Crippen LogP contribution in [0.4, 0.5) is 15.3 Å². The van der Waals surface area contributed by atoms with Crippen molar-refractivity contribution >= 4 is 22.2 Å². The summed E-state index contributed by atoms with van der Waals surface area (Å²) in [5.41, 5.74) is 7.28. The van der Waals surface area contributed by atoms with Crippen molar-refractivity contribution in [2.24, 2.45) is 0 Å².